The van der Waals surface area contributed by atoms with Gasteiger partial charge in [-0.15, -0.1) is 11.3 Å². The molecule has 0 bridgehead atoms. The number of sulfonamides is 1. The van der Waals surface area contributed by atoms with Gasteiger partial charge in [-0.1, -0.05) is 13.8 Å². The normalized spacial score (nSPS) is 12.2. The molecule has 0 saturated heterocycles. The minimum absolute atomic E-state index is 0.0950. The summed E-state index contributed by atoms with van der Waals surface area (Å²) in [5.41, 5.74) is 0. The summed E-state index contributed by atoms with van der Waals surface area (Å²) in [6, 6.07) is 2.05. The topological polar surface area (TPSA) is 99.8 Å². The van der Waals surface area contributed by atoms with Crippen LogP contribution in [-0.4, -0.2) is 29.6 Å². The molecule has 2 rings (SSSR count). The first kappa shape index (κ1) is 15.1. The van der Waals surface area contributed by atoms with Crippen molar-refractivity contribution in [3.05, 3.63) is 28.5 Å². The smallest absolute Gasteiger partial charge is 0.241 e. The first-order valence-electron chi connectivity index (χ1n) is 6.12. The minimum Gasteiger partial charge on any atom is -0.310 e. The monoisotopic (exact) mass is 315 g/mol. The zero-order valence-corrected chi connectivity index (χ0v) is 12.9. The van der Waals surface area contributed by atoms with Crippen LogP contribution in [0.4, 0.5) is 0 Å². The molecule has 0 radical (unpaired) electrons. The summed E-state index contributed by atoms with van der Waals surface area (Å²) in [6.07, 6.45) is 1.34. The molecule has 0 atom stereocenters. The second-order valence-corrected chi connectivity index (χ2v) is 7.30. The number of aromatic amines is 1. The second-order valence-electron chi connectivity index (χ2n) is 4.54. The van der Waals surface area contributed by atoms with Crippen molar-refractivity contribution in [3.63, 3.8) is 0 Å². The number of aromatic nitrogens is 3. The second kappa shape index (κ2) is 6.44. The van der Waals surface area contributed by atoms with Crippen LogP contribution in [0.1, 0.15) is 24.5 Å². The highest BCUT2D eigenvalue weighted by molar-refractivity contribution is 7.89. The zero-order valence-electron chi connectivity index (χ0n) is 11.3. The van der Waals surface area contributed by atoms with Gasteiger partial charge in [-0.05, 0) is 6.07 Å². The number of rotatable bonds is 7. The van der Waals surface area contributed by atoms with Gasteiger partial charge in [0.15, 0.2) is 0 Å². The van der Waals surface area contributed by atoms with Crippen LogP contribution in [0.5, 0.6) is 0 Å². The van der Waals surface area contributed by atoms with Crippen molar-refractivity contribution in [2.45, 2.75) is 37.9 Å². The van der Waals surface area contributed by atoms with E-state index in [0.29, 0.717) is 18.4 Å². The van der Waals surface area contributed by atoms with Gasteiger partial charge < -0.3 is 5.32 Å². The van der Waals surface area contributed by atoms with Crippen molar-refractivity contribution in [1.82, 2.24) is 25.2 Å². The molecule has 0 fully saturated rings. The third-order valence-electron chi connectivity index (χ3n) is 2.52. The Kier molecular flexibility index (Phi) is 4.86. The summed E-state index contributed by atoms with van der Waals surface area (Å²) >= 11 is 1.42. The van der Waals surface area contributed by atoms with E-state index in [4.69, 9.17) is 0 Å². The van der Waals surface area contributed by atoms with Gasteiger partial charge in [-0.2, -0.15) is 5.10 Å². The van der Waals surface area contributed by atoms with Crippen LogP contribution in [-0.2, 0) is 23.1 Å². The summed E-state index contributed by atoms with van der Waals surface area (Å²) < 4.78 is 26.7. The molecule has 2 aromatic heterocycles. The number of H-pyrrole nitrogens is 1. The quantitative estimate of drug-likeness (QED) is 0.703. The van der Waals surface area contributed by atoms with Crippen LogP contribution in [0, 0.1) is 0 Å². The summed E-state index contributed by atoms with van der Waals surface area (Å²) in [7, 11) is -3.51. The molecule has 7 nitrogen and oxygen atoms in total. The average molecular weight is 315 g/mol. The maximum absolute atomic E-state index is 12.1. The van der Waals surface area contributed by atoms with Crippen molar-refractivity contribution >= 4 is 21.4 Å². The van der Waals surface area contributed by atoms with Crippen molar-refractivity contribution in [3.8, 4) is 0 Å². The SMILES string of the molecule is CC(C)NCc1cc(S(=O)(=O)NCc2ncn[nH]2)cs1. The van der Waals surface area contributed by atoms with Gasteiger partial charge in [0.1, 0.15) is 12.2 Å². The Morgan fingerprint density at radius 1 is 1.40 bits per heavy atom. The van der Waals surface area contributed by atoms with E-state index in [1.165, 1.54) is 17.7 Å². The van der Waals surface area contributed by atoms with Gasteiger partial charge in [-0.3, -0.25) is 5.10 Å². The van der Waals surface area contributed by atoms with Crippen LogP contribution >= 0.6 is 11.3 Å². The zero-order chi connectivity index (χ0) is 14.6. The van der Waals surface area contributed by atoms with Gasteiger partial charge in [0.2, 0.25) is 10.0 Å². The molecule has 0 aliphatic carbocycles. The van der Waals surface area contributed by atoms with E-state index in [1.54, 1.807) is 11.4 Å². The average Bonchev–Trinajstić information content (AvgIpc) is 3.05. The lowest BCUT2D eigenvalue weighted by molar-refractivity contribution is 0.579. The van der Waals surface area contributed by atoms with Gasteiger partial charge in [-0.25, -0.2) is 18.1 Å². The maximum atomic E-state index is 12.1. The molecule has 2 heterocycles. The van der Waals surface area contributed by atoms with E-state index in [9.17, 15) is 8.42 Å². The van der Waals surface area contributed by atoms with Crippen LogP contribution < -0.4 is 10.0 Å². The molecule has 0 spiro atoms. The first-order valence-corrected chi connectivity index (χ1v) is 8.48. The third-order valence-corrected chi connectivity index (χ3v) is 4.99. The fraction of sp³-hybridized carbons (Fsp3) is 0.455. The van der Waals surface area contributed by atoms with E-state index in [1.807, 2.05) is 13.8 Å². The lowest BCUT2D eigenvalue weighted by atomic mass is 10.4. The molecule has 0 aliphatic rings. The standard InChI is InChI=1S/C11H17N5O2S2/c1-8(2)12-4-9-3-10(6-19-9)20(17,18)15-5-11-13-7-14-16-11/h3,6-8,12,15H,4-5H2,1-2H3,(H,13,14,16). The van der Waals surface area contributed by atoms with Crippen LogP contribution in [0.2, 0.25) is 0 Å². The summed E-state index contributed by atoms with van der Waals surface area (Å²) in [5.74, 6) is 0.477. The highest BCUT2D eigenvalue weighted by Gasteiger charge is 2.16. The molecule has 2 aromatic rings. The lowest BCUT2D eigenvalue weighted by Crippen LogP contribution is -2.23. The third kappa shape index (κ3) is 4.10. The van der Waals surface area contributed by atoms with E-state index in [0.717, 1.165) is 4.88 Å². The largest absolute Gasteiger partial charge is 0.310 e. The number of thiophene rings is 1. The predicted octanol–water partition coefficient (Wildman–Crippen LogP) is 0.843. The molecule has 0 amide bonds. The Morgan fingerprint density at radius 2 is 2.20 bits per heavy atom. The van der Waals surface area contributed by atoms with Crippen molar-refractivity contribution in [2.24, 2.45) is 0 Å². The highest BCUT2D eigenvalue weighted by atomic mass is 32.2. The molecule has 0 saturated carbocycles. The lowest BCUT2D eigenvalue weighted by Gasteiger charge is -2.05. The number of nitrogens with zero attached hydrogens (tertiary/aromatic N) is 2. The van der Waals surface area contributed by atoms with E-state index < -0.39 is 10.0 Å². The molecular formula is C11H17N5O2S2. The number of nitrogens with one attached hydrogen (secondary N) is 3. The first-order chi connectivity index (χ1) is 9.47. The van der Waals surface area contributed by atoms with E-state index in [2.05, 4.69) is 25.2 Å². The van der Waals surface area contributed by atoms with Gasteiger partial charge in [0.05, 0.1) is 11.4 Å². The van der Waals surface area contributed by atoms with Crippen molar-refractivity contribution in [2.75, 3.05) is 0 Å². The van der Waals surface area contributed by atoms with Crippen LogP contribution in [0.25, 0.3) is 0 Å². The Bertz CT molecular complexity index is 634. The molecular weight excluding hydrogens is 298 g/mol. The van der Waals surface area contributed by atoms with Gasteiger partial charge in [0.25, 0.3) is 0 Å². The molecule has 0 aromatic carbocycles. The van der Waals surface area contributed by atoms with Gasteiger partial charge >= 0.3 is 0 Å². The van der Waals surface area contributed by atoms with E-state index in [-0.39, 0.29) is 11.4 Å². The molecule has 20 heavy (non-hydrogen) atoms. The van der Waals surface area contributed by atoms with Crippen LogP contribution in [0.15, 0.2) is 22.7 Å². The van der Waals surface area contributed by atoms with Crippen molar-refractivity contribution < 1.29 is 8.42 Å². The molecule has 3 N–H and O–H groups in total. The summed E-state index contributed by atoms with van der Waals surface area (Å²) in [5, 5.41) is 11.2. The van der Waals surface area contributed by atoms with Crippen LogP contribution in [0.3, 0.4) is 0 Å². The summed E-state index contributed by atoms with van der Waals surface area (Å²) in [4.78, 5) is 5.13. The Morgan fingerprint density at radius 3 is 2.85 bits per heavy atom. The molecule has 0 aliphatic heterocycles. The Hall–Kier alpha value is -1.29. The molecule has 110 valence electrons. The van der Waals surface area contributed by atoms with Crippen molar-refractivity contribution in [1.29, 1.82) is 0 Å². The molecule has 0 unspecified atom stereocenters. The maximum Gasteiger partial charge on any atom is 0.241 e. The number of hydrogen-bond donors (Lipinski definition) is 3. The fourth-order valence-corrected chi connectivity index (χ4v) is 3.68. The summed E-state index contributed by atoms with van der Waals surface area (Å²) in [6.45, 7) is 4.85. The predicted molar refractivity (Wildman–Crippen MR) is 76.7 cm³/mol. The Labute approximate surface area is 121 Å². The molecule has 9 heteroatoms. The minimum atomic E-state index is -3.51. The van der Waals surface area contributed by atoms with Gasteiger partial charge in [0, 0.05) is 22.8 Å². The number of hydrogen-bond acceptors (Lipinski definition) is 6. The highest BCUT2D eigenvalue weighted by Crippen LogP contribution is 2.19. The Balaban J connectivity index is 1.98. The fourth-order valence-electron chi connectivity index (χ4n) is 1.46. The van der Waals surface area contributed by atoms with E-state index >= 15 is 0 Å².